The molecule has 0 aromatic heterocycles. The summed E-state index contributed by atoms with van der Waals surface area (Å²) in [6.07, 6.45) is 0. The predicted molar refractivity (Wildman–Crippen MR) is 256 cm³/mol. The monoisotopic (exact) mass is 994 g/mol. The molecular weight excluding hydrogens is 912 g/mol. The van der Waals surface area contributed by atoms with Gasteiger partial charge in [-0.3, -0.25) is 0 Å². The summed E-state index contributed by atoms with van der Waals surface area (Å²) in [4.78, 5) is 0. The summed E-state index contributed by atoms with van der Waals surface area (Å²) in [7, 11) is -2.19. The molecule has 0 heterocycles. The Bertz CT molecular complexity index is 1390. The zero-order chi connectivity index (χ0) is 39.5. The molecule has 50 heavy (non-hydrogen) atoms. The van der Waals surface area contributed by atoms with Crippen LogP contribution in [0.2, 0.25) is 118 Å². The molecule has 284 valence electrons. The van der Waals surface area contributed by atoms with E-state index in [9.17, 15) is 0 Å². The summed E-state index contributed by atoms with van der Waals surface area (Å²) < 4.78 is 3.50. The van der Waals surface area contributed by atoms with E-state index in [1.165, 1.54) is 5.56 Å². The van der Waals surface area contributed by atoms with Gasteiger partial charge in [0, 0.05) is 0 Å². The summed E-state index contributed by atoms with van der Waals surface area (Å²) in [5.74, 6) is 1.48. The van der Waals surface area contributed by atoms with Gasteiger partial charge in [-0.05, 0) is 0 Å². The fourth-order valence-corrected chi connectivity index (χ4v) is 64.8. The standard InChI is InChI=1S/C27H59Si6.C15H23.Pb.S/c1-28(2,3)25(29(4,5)6)22-19-23(26(30(7,8)9)31(10,11)12)21-24(20-22)27(32(13,14)15)33(16,17)18;1-10(2)13-7-14(11(3)4)9-15(8-13)12(5)6;;/h19-20,25-27H,1-18H3;7-8,10-12H,1-6H3;;. The molecule has 0 unspecified atom stereocenters. The first-order valence-corrected chi connectivity index (χ1v) is 50.5. The third-order valence-electron chi connectivity index (χ3n) is 11.0. The van der Waals surface area contributed by atoms with E-state index in [1.807, 2.05) is 3.12 Å². The van der Waals surface area contributed by atoms with Gasteiger partial charge >= 0.3 is 334 Å². The molecule has 0 amide bonds. The van der Waals surface area contributed by atoms with Crippen molar-refractivity contribution in [3.8, 4) is 0 Å². The van der Waals surface area contributed by atoms with Crippen molar-refractivity contribution in [1.29, 1.82) is 0 Å². The van der Waals surface area contributed by atoms with Crippen LogP contribution in [0.3, 0.4) is 0 Å². The maximum atomic E-state index is 7.45. The third kappa shape index (κ3) is 11.0. The number of benzene rings is 2. The Morgan fingerprint density at radius 2 is 0.600 bits per heavy atom. The average Bonchev–Trinajstić information content (AvgIpc) is 2.82. The first-order chi connectivity index (χ1) is 22.0. The molecule has 0 nitrogen and oxygen atoms in total. The predicted octanol–water partition coefficient (Wildman–Crippen LogP) is 13.9. The number of hydrogen-bond donors (Lipinski definition) is 0. The summed E-state index contributed by atoms with van der Waals surface area (Å²) >= 11 is -3.17. The molecule has 0 N–H and O–H groups in total. The molecule has 0 aliphatic heterocycles. The Kier molecular flexibility index (Phi) is 15.2. The van der Waals surface area contributed by atoms with Crippen molar-refractivity contribution in [1.82, 2.24) is 0 Å². The van der Waals surface area contributed by atoms with E-state index < -0.39 is 69.1 Å². The molecule has 0 aliphatic carbocycles. The molecule has 2 aromatic carbocycles. The number of hydrogen-bond acceptors (Lipinski definition) is 1. The van der Waals surface area contributed by atoms with Crippen LogP contribution >= 0.6 is 8.65 Å². The van der Waals surface area contributed by atoms with E-state index in [1.54, 1.807) is 30.9 Å². The summed E-state index contributed by atoms with van der Waals surface area (Å²) in [5.41, 5.74) is 10.0. The van der Waals surface area contributed by atoms with Gasteiger partial charge < -0.3 is 0 Å². The minimum atomic E-state index is -3.17. The normalized spacial score (nSPS) is 14.4. The van der Waals surface area contributed by atoms with Crippen molar-refractivity contribution in [2.75, 3.05) is 0 Å². The van der Waals surface area contributed by atoms with Crippen LogP contribution in [0.4, 0.5) is 0 Å². The average molecular weight is 995 g/mol. The first kappa shape index (κ1) is 47.0. The third-order valence-corrected chi connectivity index (χ3v) is 50.5. The SMILES string of the molecule is CC(C)c1cc(C(C)C)[c]([Pb](=[S])[c]2c(C([Si](C)(C)C)[Si](C)(C)C)cc(C([Si](C)(C)C)[Si](C)(C)C)cc2C([Si](C)(C)C)[Si](C)(C)C)c(C(C)C)c1. The molecule has 0 aliphatic rings. The Balaban J connectivity index is 3.59. The van der Waals surface area contributed by atoms with Crippen LogP contribution in [0.5, 0.6) is 0 Å². The summed E-state index contributed by atoms with van der Waals surface area (Å²) in [5, 5.41) is 2.12. The minimum absolute atomic E-state index is 0.480. The zero-order valence-corrected chi connectivity index (χ0v) is 48.4. The molecule has 2 aromatic rings. The molecule has 0 saturated heterocycles. The Labute approximate surface area is 331 Å². The van der Waals surface area contributed by atoms with Gasteiger partial charge in [0.15, 0.2) is 0 Å². The molecule has 0 atom stereocenters. The Morgan fingerprint density at radius 1 is 0.360 bits per heavy atom. The van der Waals surface area contributed by atoms with E-state index >= 15 is 0 Å². The molecule has 2 rings (SSSR count). The second kappa shape index (κ2) is 16.2. The molecule has 0 spiro atoms. The van der Waals surface area contributed by atoms with Gasteiger partial charge in [0.2, 0.25) is 0 Å². The van der Waals surface area contributed by atoms with Gasteiger partial charge in [0.1, 0.15) is 0 Å². The molecule has 0 fully saturated rings. The van der Waals surface area contributed by atoms with Crippen molar-refractivity contribution < 1.29 is 0 Å². The van der Waals surface area contributed by atoms with Crippen LogP contribution in [-0.2, 0) is 0 Å². The van der Waals surface area contributed by atoms with Gasteiger partial charge in [0.25, 0.3) is 0 Å². The Morgan fingerprint density at radius 3 is 0.820 bits per heavy atom. The van der Waals surface area contributed by atoms with Gasteiger partial charge in [0.05, 0.1) is 0 Å². The molecule has 0 saturated carbocycles. The van der Waals surface area contributed by atoms with Gasteiger partial charge in [-0.25, -0.2) is 0 Å². The molecule has 8 heteroatoms. The van der Waals surface area contributed by atoms with Crippen molar-refractivity contribution in [2.24, 2.45) is 0 Å². The summed E-state index contributed by atoms with van der Waals surface area (Å²) in [6.45, 7) is 62.9. The van der Waals surface area contributed by atoms with Crippen LogP contribution in [-0.4, -0.2) is 69.1 Å². The van der Waals surface area contributed by atoms with Crippen molar-refractivity contribution in [2.45, 2.75) is 193 Å². The van der Waals surface area contributed by atoms with E-state index in [4.69, 9.17) is 8.65 Å². The molecule has 0 radical (unpaired) electrons. The van der Waals surface area contributed by atoms with Crippen LogP contribution in [0.1, 0.15) is 108 Å². The topological polar surface area (TPSA) is 0 Å². The van der Waals surface area contributed by atoms with E-state index in [0.717, 1.165) is 5.16 Å². The maximum absolute atomic E-state index is 7.45. The van der Waals surface area contributed by atoms with Crippen LogP contribution in [0, 0.1) is 0 Å². The second-order valence-corrected chi connectivity index (χ2v) is 67.1. The fraction of sp³-hybridized carbons (Fsp3) is 0.714. The van der Waals surface area contributed by atoms with Crippen LogP contribution in [0.15, 0.2) is 24.3 Å². The Hall–Kier alpha value is 0.883. The van der Waals surface area contributed by atoms with Crippen molar-refractivity contribution in [3.05, 3.63) is 57.6 Å². The van der Waals surface area contributed by atoms with Crippen molar-refractivity contribution in [3.63, 3.8) is 0 Å². The van der Waals surface area contributed by atoms with Gasteiger partial charge in [-0.1, -0.05) is 0 Å². The van der Waals surface area contributed by atoms with Crippen LogP contribution in [0.25, 0.3) is 0 Å². The van der Waals surface area contributed by atoms with E-state index in [-0.39, 0.29) is 0 Å². The van der Waals surface area contributed by atoms with Crippen LogP contribution < -0.4 is 6.25 Å². The second-order valence-electron chi connectivity index (χ2n) is 23.4. The quantitative estimate of drug-likeness (QED) is 0.170. The van der Waals surface area contributed by atoms with Crippen molar-refractivity contribution >= 4 is 84.0 Å². The number of rotatable bonds is 14. The molecule has 0 bridgehead atoms. The first-order valence-electron chi connectivity index (χ1n) is 19.9. The van der Waals surface area contributed by atoms with Gasteiger partial charge in [-0.15, -0.1) is 0 Å². The fourth-order valence-electron chi connectivity index (χ4n) is 10.7. The zero-order valence-electron chi connectivity index (χ0n) is 37.7. The van der Waals surface area contributed by atoms with E-state index in [0.29, 0.717) is 28.1 Å². The molecular formula is C42H82PbSSi6. The van der Waals surface area contributed by atoms with Gasteiger partial charge in [-0.2, -0.15) is 0 Å². The summed E-state index contributed by atoms with van der Waals surface area (Å²) in [6, 6.07) is 11.0. The van der Waals surface area contributed by atoms with E-state index in [2.05, 4.69) is 184 Å².